The number of methoxy groups -OCH3 is 2. The van der Waals surface area contributed by atoms with E-state index in [-0.39, 0.29) is 11.3 Å². The monoisotopic (exact) mass is 461 g/mol. The summed E-state index contributed by atoms with van der Waals surface area (Å²) in [6.45, 7) is 0. The van der Waals surface area contributed by atoms with Crippen molar-refractivity contribution < 1.29 is 19.1 Å². The van der Waals surface area contributed by atoms with Crippen LogP contribution in [0.1, 0.15) is 32.0 Å². The molecule has 4 rings (SSSR count). The predicted molar refractivity (Wildman–Crippen MR) is 124 cm³/mol. The van der Waals surface area contributed by atoms with Gasteiger partial charge in [0.2, 0.25) is 0 Å². The van der Waals surface area contributed by atoms with Gasteiger partial charge >= 0.3 is 11.9 Å². The van der Waals surface area contributed by atoms with Crippen molar-refractivity contribution in [3.63, 3.8) is 0 Å². The molecule has 7 nitrogen and oxygen atoms in total. The fourth-order valence-electron chi connectivity index (χ4n) is 3.48. The van der Waals surface area contributed by atoms with Gasteiger partial charge in [0.05, 0.1) is 19.9 Å². The van der Waals surface area contributed by atoms with Crippen molar-refractivity contribution in [2.24, 2.45) is 0 Å². The van der Waals surface area contributed by atoms with E-state index in [2.05, 4.69) is 10.1 Å². The van der Waals surface area contributed by atoms with Crippen LogP contribution in [0.5, 0.6) is 0 Å². The Morgan fingerprint density at radius 3 is 2.15 bits per heavy atom. The van der Waals surface area contributed by atoms with Crippen LogP contribution in [0.15, 0.2) is 72.9 Å². The van der Waals surface area contributed by atoms with Crippen LogP contribution in [0, 0.1) is 0 Å². The van der Waals surface area contributed by atoms with Gasteiger partial charge in [-0.3, -0.25) is 0 Å². The number of hydrogen-bond acceptors (Lipinski definition) is 6. The van der Waals surface area contributed by atoms with Gasteiger partial charge in [0.15, 0.2) is 5.69 Å². The summed E-state index contributed by atoms with van der Waals surface area (Å²) >= 11 is 5.86. The molecule has 0 aliphatic heterocycles. The molecular weight excluding hydrogens is 442 g/mol. The Balaban J connectivity index is 1.79. The Kier molecular flexibility index (Phi) is 6.51. The SMILES string of the molecule is COC(=O)c1c(-c2ccc(Cc3ccc(Cl)nc3)cc2)nn(-c2ccccc2)c1C(=O)OC. The molecule has 166 valence electrons. The normalized spacial score (nSPS) is 10.6. The predicted octanol–water partition coefficient (Wildman–Crippen LogP) is 4.75. The second-order valence-electron chi connectivity index (χ2n) is 7.17. The third kappa shape index (κ3) is 4.63. The number of rotatable bonds is 6. The number of esters is 2. The minimum Gasteiger partial charge on any atom is -0.465 e. The van der Waals surface area contributed by atoms with Gasteiger partial charge in [0.25, 0.3) is 0 Å². The maximum Gasteiger partial charge on any atom is 0.357 e. The molecule has 4 aromatic rings. The topological polar surface area (TPSA) is 83.3 Å². The Labute approximate surface area is 195 Å². The Hall–Kier alpha value is -3.97. The second-order valence-corrected chi connectivity index (χ2v) is 7.55. The molecule has 0 aliphatic carbocycles. The fourth-order valence-corrected chi connectivity index (χ4v) is 3.60. The number of nitrogens with zero attached hydrogens (tertiary/aromatic N) is 3. The van der Waals surface area contributed by atoms with Gasteiger partial charge in [-0.2, -0.15) is 5.10 Å². The molecule has 0 spiro atoms. The number of benzene rings is 2. The van der Waals surface area contributed by atoms with Crippen molar-refractivity contribution in [3.05, 3.63) is 100 Å². The van der Waals surface area contributed by atoms with E-state index in [0.29, 0.717) is 28.5 Å². The van der Waals surface area contributed by atoms with Crippen LogP contribution in [0.25, 0.3) is 16.9 Å². The molecule has 8 heteroatoms. The molecule has 0 atom stereocenters. The van der Waals surface area contributed by atoms with Crippen molar-refractivity contribution in [1.29, 1.82) is 0 Å². The number of carbonyl (C=O) groups is 2. The molecule has 0 bridgehead atoms. The van der Waals surface area contributed by atoms with E-state index in [9.17, 15) is 9.59 Å². The van der Waals surface area contributed by atoms with Crippen molar-refractivity contribution in [2.45, 2.75) is 6.42 Å². The first-order chi connectivity index (χ1) is 16.0. The van der Waals surface area contributed by atoms with Crippen LogP contribution >= 0.6 is 11.6 Å². The summed E-state index contributed by atoms with van der Waals surface area (Å²) in [5, 5.41) is 5.05. The van der Waals surface area contributed by atoms with Gasteiger partial charge in [-0.25, -0.2) is 19.3 Å². The van der Waals surface area contributed by atoms with Crippen LogP contribution in [0.3, 0.4) is 0 Å². The lowest BCUT2D eigenvalue weighted by atomic mass is 10.0. The first-order valence-electron chi connectivity index (χ1n) is 10.1. The van der Waals surface area contributed by atoms with Gasteiger partial charge in [-0.05, 0) is 35.7 Å². The molecular formula is C25H20ClN3O4. The highest BCUT2D eigenvalue weighted by atomic mass is 35.5. The van der Waals surface area contributed by atoms with Gasteiger partial charge in [-0.1, -0.05) is 60.1 Å². The Morgan fingerprint density at radius 2 is 1.55 bits per heavy atom. The zero-order valence-corrected chi connectivity index (χ0v) is 18.7. The van der Waals surface area contributed by atoms with Crippen LogP contribution in [0.4, 0.5) is 0 Å². The standard InChI is InChI=1S/C25H20ClN3O4/c1-32-24(30)21-22(28-29(23(21)25(31)33-2)19-6-4-3-5-7-19)18-11-8-16(9-12-18)14-17-10-13-20(26)27-15-17/h3-13,15H,14H2,1-2H3. The maximum atomic E-state index is 12.7. The van der Waals surface area contributed by atoms with Gasteiger partial charge in [0, 0.05) is 11.8 Å². The molecule has 33 heavy (non-hydrogen) atoms. The Morgan fingerprint density at radius 1 is 0.879 bits per heavy atom. The summed E-state index contributed by atoms with van der Waals surface area (Å²) in [6.07, 6.45) is 2.40. The number of ether oxygens (including phenoxy) is 2. The zero-order chi connectivity index (χ0) is 23.4. The average molecular weight is 462 g/mol. The zero-order valence-electron chi connectivity index (χ0n) is 18.0. The molecule has 0 saturated heterocycles. The van der Waals surface area contributed by atoms with Gasteiger partial charge in [-0.15, -0.1) is 0 Å². The molecule has 0 aliphatic rings. The lowest BCUT2D eigenvalue weighted by molar-refractivity contribution is 0.0549. The number of para-hydroxylation sites is 1. The van der Waals surface area contributed by atoms with Crippen molar-refractivity contribution >= 4 is 23.5 Å². The van der Waals surface area contributed by atoms with Gasteiger partial charge < -0.3 is 9.47 Å². The number of hydrogen-bond donors (Lipinski definition) is 0. The summed E-state index contributed by atoms with van der Waals surface area (Å²) in [7, 11) is 2.52. The van der Waals surface area contributed by atoms with Crippen molar-refractivity contribution in [3.8, 4) is 16.9 Å². The quantitative estimate of drug-likeness (QED) is 0.304. The van der Waals surface area contributed by atoms with E-state index < -0.39 is 11.9 Å². The summed E-state index contributed by atoms with van der Waals surface area (Å²) in [5.41, 5.74) is 3.70. The highest BCUT2D eigenvalue weighted by Gasteiger charge is 2.31. The Bertz CT molecular complexity index is 1280. The summed E-state index contributed by atoms with van der Waals surface area (Å²) in [6, 6.07) is 20.3. The molecule has 0 amide bonds. The van der Waals surface area contributed by atoms with E-state index in [0.717, 1.165) is 11.1 Å². The van der Waals surface area contributed by atoms with Crippen LogP contribution in [-0.4, -0.2) is 40.9 Å². The highest BCUT2D eigenvalue weighted by molar-refractivity contribution is 6.29. The largest absolute Gasteiger partial charge is 0.465 e. The highest BCUT2D eigenvalue weighted by Crippen LogP contribution is 2.29. The number of aromatic nitrogens is 3. The van der Waals surface area contributed by atoms with Crippen molar-refractivity contribution in [1.82, 2.24) is 14.8 Å². The van der Waals surface area contributed by atoms with E-state index in [4.69, 9.17) is 21.1 Å². The first kappa shape index (κ1) is 22.2. The number of carbonyl (C=O) groups excluding carboxylic acids is 2. The van der Waals surface area contributed by atoms with E-state index in [1.807, 2.05) is 48.5 Å². The third-order valence-electron chi connectivity index (χ3n) is 5.08. The maximum absolute atomic E-state index is 12.7. The molecule has 0 saturated carbocycles. The lowest BCUT2D eigenvalue weighted by Gasteiger charge is -2.07. The molecule has 0 radical (unpaired) electrons. The average Bonchev–Trinajstić information content (AvgIpc) is 3.26. The molecule has 0 unspecified atom stereocenters. The molecule has 2 heterocycles. The molecule has 0 N–H and O–H groups in total. The number of halogens is 1. The molecule has 0 fully saturated rings. The molecule has 2 aromatic carbocycles. The summed E-state index contributed by atoms with van der Waals surface area (Å²) in [4.78, 5) is 29.5. The molecule has 2 aromatic heterocycles. The van der Waals surface area contributed by atoms with Crippen LogP contribution in [0.2, 0.25) is 5.15 Å². The lowest BCUT2D eigenvalue weighted by Crippen LogP contribution is -2.15. The smallest absolute Gasteiger partial charge is 0.357 e. The minimum absolute atomic E-state index is 0.00173. The third-order valence-corrected chi connectivity index (χ3v) is 5.30. The summed E-state index contributed by atoms with van der Waals surface area (Å²) in [5.74, 6) is -1.37. The fraction of sp³-hybridized carbons (Fsp3) is 0.120. The van der Waals surface area contributed by atoms with E-state index in [1.54, 1.807) is 24.4 Å². The second kappa shape index (κ2) is 9.67. The number of pyridine rings is 1. The van der Waals surface area contributed by atoms with Gasteiger partial charge in [0.1, 0.15) is 16.4 Å². The van der Waals surface area contributed by atoms with E-state index in [1.165, 1.54) is 18.9 Å². The van der Waals surface area contributed by atoms with E-state index >= 15 is 0 Å². The minimum atomic E-state index is -0.690. The van der Waals surface area contributed by atoms with Crippen LogP contribution in [-0.2, 0) is 15.9 Å². The first-order valence-corrected chi connectivity index (χ1v) is 10.4. The van der Waals surface area contributed by atoms with Crippen LogP contribution < -0.4 is 0 Å². The van der Waals surface area contributed by atoms with Crippen molar-refractivity contribution in [2.75, 3.05) is 14.2 Å². The summed E-state index contributed by atoms with van der Waals surface area (Å²) < 4.78 is 11.3.